The molecule has 1 aromatic carbocycles. The topological polar surface area (TPSA) is 85.6 Å². The second-order valence-electron chi connectivity index (χ2n) is 9.04. The SMILES string of the molecule is COc1ccc(CN=C(NCc2nnc(C)n2C)NC2C3CCOC3C23CCC3)cc1. The molecule has 8 heteroatoms. The summed E-state index contributed by atoms with van der Waals surface area (Å²) in [6, 6.07) is 8.50. The molecule has 8 nitrogen and oxygen atoms in total. The maximum absolute atomic E-state index is 6.09. The zero-order valence-electron chi connectivity index (χ0n) is 18.6. The first-order valence-electron chi connectivity index (χ1n) is 11.2. The van der Waals surface area contributed by atoms with Crippen LogP contribution in [0.2, 0.25) is 0 Å². The molecule has 2 saturated carbocycles. The van der Waals surface area contributed by atoms with Crippen molar-refractivity contribution in [1.82, 2.24) is 25.4 Å². The van der Waals surface area contributed by atoms with Crippen LogP contribution < -0.4 is 15.4 Å². The monoisotopic (exact) mass is 424 g/mol. The Labute approximate surface area is 183 Å². The number of nitrogens with one attached hydrogen (secondary N) is 2. The highest BCUT2D eigenvalue weighted by Crippen LogP contribution is 2.62. The van der Waals surface area contributed by atoms with E-state index in [2.05, 4.69) is 33.0 Å². The molecular formula is C23H32N6O2. The lowest BCUT2D eigenvalue weighted by Gasteiger charge is -2.63. The maximum Gasteiger partial charge on any atom is 0.192 e. The largest absolute Gasteiger partial charge is 0.497 e. The average Bonchev–Trinajstić information content (AvgIpc) is 3.31. The molecule has 1 spiro atoms. The Morgan fingerprint density at radius 2 is 2.10 bits per heavy atom. The lowest BCUT2D eigenvalue weighted by atomic mass is 9.46. The second-order valence-corrected chi connectivity index (χ2v) is 9.04. The minimum Gasteiger partial charge on any atom is -0.497 e. The third-order valence-electron chi connectivity index (χ3n) is 7.50. The molecule has 166 valence electrons. The fourth-order valence-electron chi connectivity index (χ4n) is 5.42. The molecule has 0 bridgehead atoms. The van der Waals surface area contributed by atoms with Gasteiger partial charge in [-0.1, -0.05) is 18.6 Å². The number of nitrogens with zero attached hydrogens (tertiary/aromatic N) is 4. The maximum atomic E-state index is 6.09. The zero-order valence-corrected chi connectivity index (χ0v) is 18.6. The van der Waals surface area contributed by atoms with Gasteiger partial charge in [-0.3, -0.25) is 0 Å². The highest BCUT2D eigenvalue weighted by atomic mass is 16.5. The van der Waals surface area contributed by atoms with Crippen LogP contribution in [0.5, 0.6) is 5.75 Å². The number of guanidine groups is 1. The highest BCUT2D eigenvalue weighted by Gasteiger charge is 2.66. The number of hydrogen-bond donors (Lipinski definition) is 2. The number of fused-ring (bicyclic) bond motifs is 2. The van der Waals surface area contributed by atoms with Gasteiger partial charge >= 0.3 is 0 Å². The van der Waals surface area contributed by atoms with Gasteiger partial charge in [-0.2, -0.15) is 0 Å². The van der Waals surface area contributed by atoms with Crippen LogP contribution in [-0.2, 0) is 24.9 Å². The predicted molar refractivity (Wildman–Crippen MR) is 118 cm³/mol. The van der Waals surface area contributed by atoms with Gasteiger partial charge in [0.1, 0.15) is 11.6 Å². The molecule has 2 aromatic rings. The number of aliphatic imine (C=N–C) groups is 1. The summed E-state index contributed by atoms with van der Waals surface area (Å²) in [5.41, 5.74) is 1.44. The Morgan fingerprint density at radius 3 is 2.74 bits per heavy atom. The van der Waals surface area contributed by atoms with Crippen LogP contribution in [0.3, 0.4) is 0 Å². The Balaban J connectivity index is 1.32. The van der Waals surface area contributed by atoms with Gasteiger partial charge in [0.2, 0.25) is 0 Å². The minimum atomic E-state index is 0.297. The van der Waals surface area contributed by atoms with E-state index in [0.29, 0.717) is 36.6 Å². The van der Waals surface area contributed by atoms with E-state index in [4.69, 9.17) is 14.5 Å². The Bertz CT molecular complexity index is 949. The molecule has 3 fully saturated rings. The summed E-state index contributed by atoms with van der Waals surface area (Å²) in [7, 11) is 3.67. The van der Waals surface area contributed by atoms with E-state index >= 15 is 0 Å². The second kappa shape index (κ2) is 8.15. The number of aryl methyl sites for hydroxylation is 1. The number of benzene rings is 1. The molecule has 3 aliphatic rings. The van der Waals surface area contributed by atoms with Gasteiger partial charge in [0.05, 0.1) is 26.3 Å². The fraction of sp³-hybridized carbons (Fsp3) is 0.609. The lowest BCUT2D eigenvalue weighted by molar-refractivity contribution is -0.171. The van der Waals surface area contributed by atoms with Gasteiger partial charge in [0, 0.05) is 31.0 Å². The Hall–Kier alpha value is -2.61. The van der Waals surface area contributed by atoms with E-state index in [1.807, 2.05) is 30.7 Å². The summed E-state index contributed by atoms with van der Waals surface area (Å²) in [5, 5.41) is 15.7. The first-order valence-corrected chi connectivity index (χ1v) is 11.2. The third-order valence-corrected chi connectivity index (χ3v) is 7.50. The van der Waals surface area contributed by atoms with Crippen LogP contribution >= 0.6 is 0 Å². The van der Waals surface area contributed by atoms with Crippen LogP contribution in [0.25, 0.3) is 0 Å². The standard InChI is InChI=1S/C23H32N6O2/c1-15-27-28-19(29(15)2)14-25-22(24-13-16-5-7-17(30-3)8-6-16)26-20-18-9-12-31-21(18)23(20)10-4-11-23/h5-8,18,20-21H,4,9-14H2,1-3H3,(H2,24,25,26). The van der Waals surface area contributed by atoms with Crippen molar-refractivity contribution in [3.63, 3.8) is 0 Å². The molecule has 0 radical (unpaired) electrons. The summed E-state index contributed by atoms with van der Waals surface area (Å²) in [5.74, 6) is 4.07. The van der Waals surface area contributed by atoms with Gasteiger partial charge < -0.3 is 24.7 Å². The van der Waals surface area contributed by atoms with Gasteiger partial charge in [-0.05, 0) is 43.9 Å². The zero-order chi connectivity index (χ0) is 21.4. The average molecular weight is 425 g/mol. The molecule has 1 saturated heterocycles. The summed E-state index contributed by atoms with van der Waals surface area (Å²) < 4.78 is 13.4. The van der Waals surface area contributed by atoms with Crippen molar-refractivity contribution in [3.8, 4) is 5.75 Å². The van der Waals surface area contributed by atoms with Crippen molar-refractivity contribution >= 4 is 5.96 Å². The van der Waals surface area contributed by atoms with Crippen LogP contribution in [-0.4, -0.2) is 46.6 Å². The van der Waals surface area contributed by atoms with Crippen molar-refractivity contribution in [2.75, 3.05) is 13.7 Å². The van der Waals surface area contributed by atoms with E-state index in [0.717, 1.165) is 41.9 Å². The highest BCUT2D eigenvalue weighted by molar-refractivity contribution is 5.80. The van der Waals surface area contributed by atoms with Gasteiger partial charge in [-0.15, -0.1) is 10.2 Å². The summed E-state index contributed by atoms with van der Waals surface area (Å²) in [6.07, 6.45) is 5.37. The minimum absolute atomic E-state index is 0.297. The molecule has 2 N–H and O–H groups in total. The summed E-state index contributed by atoms with van der Waals surface area (Å²) in [4.78, 5) is 4.92. The Morgan fingerprint density at radius 1 is 1.29 bits per heavy atom. The van der Waals surface area contributed by atoms with E-state index in [9.17, 15) is 0 Å². The first-order chi connectivity index (χ1) is 15.1. The smallest absolute Gasteiger partial charge is 0.192 e. The van der Waals surface area contributed by atoms with Gasteiger partial charge in [0.25, 0.3) is 0 Å². The van der Waals surface area contributed by atoms with Gasteiger partial charge in [-0.25, -0.2) is 4.99 Å². The third kappa shape index (κ3) is 3.56. The summed E-state index contributed by atoms with van der Waals surface area (Å²) >= 11 is 0. The van der Waals surface area contributed by atoms with E-state index < -0.39 is 0 Å². The molecule has 0 amide bonds. The molecule has 3 unspecified atom stereocenters. The van der Waals surface area contributed by atoms with E-state index in [1.165, 1.54) is 19.3 Å². The molecular weight excluding hydrogens is 392 g/mol. The summed E-state index contributed by atoms with van der Waals surface area (Å²) in [6.45, 7) is 4.03. The Kier molecular flexibility index (Phi) is 5.33. The number of rotatable bonds is 6. The molecule has 1 aliphatic heterocycles. The molecule has 2 aliphatic carbocycles. The van der Waals surface area contributed by atoms with Crippen molar-refractivity contribution < 1.29 is 9.47 Å². The van der Waals surface area contributed by atoms with Crippen molar-refractivity contribution in [2.45, 2.75) is 57.8 Å². The van der Waals surface area contributed by atoms with Crippen molar-refractivity contribution in [3.05, 3.63) is 41.5 Å². The number of methoxy groups -OCH3 is 1. The van der Waals surface area contributed by atoms with Crippen molar-refractivity contribution in [2.24, 2.45) is 23.4 Å². The molecule has 3 atom stereocenters. The van der Waals surface area contributed by atoms with Crippen LogP contribution in [0.4, 0.5) is 0 Å². The van der Waals surface area contributed by atoms with Gasteiger partial charge in [0.15, 0.2) is 11.8 Å². The number of ether oxygens (including phenoxy) is 2. The van der Waals surface area contributed by atoms with Crippen LogP contribution in [0, 0.1) is 18.3 Å². The fourth-order valence-corrected chi connectivity index (χ4v) is 5.42. The number of aromatic nitrogens is 3. The molecule has 2 heterocycles. The van der Waals surface area contributed by atoms with Crippen LogP contribution in [0.1, 0.15) is 42.9 Å². The molecule has 5 rings (SSSR count). The normalized spacial score (nSPS) is 26.2. The molecule has 1 aromatic heterocycles. The predicted octanol–water partition coefficient (Wildman–Crippen LogP) is 2.33. The van der Waals surface area contributed by atoms with Crippen LogP contribution in [0.15, 0.2) is 29.3 Å². The van der Waals surface area contributed by atoms with Crippen molar-refractivity contribution in [1.29, 1.82) is 0 Å². The van der Waals surface area contributed by atoms with E-state index in [-0.39, 0.29) is 0 Å². The first kappa shape index (κ1) is 20.3. The quantitative estimate of drug-likeness (QED) is 0.547. The molecule has 31 heavy (non-hydrogen) atoms. The lowest BCUT2D eigenvalue weighted by Crippen LogP contribution is -2.72. The van der Waals surface area contributed by atoms with E-state index in [1.54, 1.807) is 7.11 Å². The number of hydrogen-bond acceptors (Lipinski definition) is 5.